The van der Waals surface area contributed by atoms with Crippen LogP contribution in [0.1, 0.15) is 6.42 Å². The van der Waals surface area contributed by atoms with Gasteiger partial charge in [-0.25, -0.2) is 0 Å². The second-order valence-corrected chi connectivity index (χ2v) is 5.98. The van der Waals surface area contributed by atoms with Crippen molar-refractivity contribution in [1.82, 2.24) is 15.2 Å². The number of anilines is 1. The second-order valence-electron chi connectivity index (χ2n) is 4.94. The van der Waals surface area contributed by atoms with Crippen LogP contribution in [0.25, 0.3) is 11.6 Å². The second kappa shape index (κ2) is 8.29. The molecule has 8 heteroatoms. The van der Waals surface area contributed by atoms with E-state index in [1.54, 1.807) is 31.5 Å². The third-order valence-corrected chi connectivity index (χ3v) is 4.05. The highest BCUT2D eigenvalue weighted by atomic mass is 32.2. The molecule has 3 aromatic rings. The molecule has 0 fully saturated rings. The summed E-state index contributed by atoms with van der Waals surface area (Å²) in [5.74, 6) is 1.40. The fraction of sp³-hybridized carbons (Fsp3) is 0.176. The molecule has 1 aromatic carbocycles. The molecule has 3 rings (SSSR count). The number of nitrogens with zero attached hydrogens (tertiary/aromatic N) is 3. The van der Waals surface area contributed by atoms with Crippen LogP contribution in [-0.2, 0) is 4.79 Å². The van der Waals surface area contributed by atoms with Crippen molar-refractivity contribution in [2.75, 3.05) is 18.2 Å². The average Bonchev–Trinajstić information content (AvgIpc) is 3.12. The number of methoxy groups -OCH3 is 1. The molecular weight excluding hydrogens is 340 g/mol. The zero-order chi connectivity index (χ0) is 17.5. The molecule has 0 aliphatic rings. The number of ether oxygens (including phenoxy) is 1. The van der Waals surface area contributed by atoms with Gasteiger partial charge in [-0.05, 0) is 24.3 Å². The molecule has 2 aromatic heterocycles. The number of amides is 1. The van der Waals surface area contributed by atoms with E-state index in [4.69, 9.17) is 9.15 Å². The van der Waals surface area contributed by atoms with Crippen LogP contribution in [-0.4, -0.2) is 34.0 Å². The van der Waals surface area contributed by atoms with Gasteiger partial charge < -0.3 is 14.5 Å². The van der Waals surface area contributed by atoms with E-state index < -0.39 is 0 Å². The molecule has 0 unspecified atom stereocenters. The number of carbonyl (C=O) groups excluding carboxylic acids is 1. The first-order valence-electron chi connectivity index (χ1n) is 7.57. The molecule has 0 aliphatic heterocycles. The predicted molar refractivity (Wildman–Crippen MR) is 94.5 cm³/mol. The van der Waals surface area contributed by atoms with Crippen molar-refractivity contribution in [3.8, 4) is 17.3 Å². The molecule has 1 N–H and O–H groups in total. The Kier molecular flexibility index (Phi) is 5.63. The van der Waals surface area contributed by atoms with E-state index in [0.29, 0.717) is 40.4 Å². The molecule has 0 spiro atoms. The molecule has 0 radical (unpaired) electrons. The Morgan fingerprint density at radius 2 is 2.04 bits per heavy atom. The van der Waals surface area contributed by atoms with E-state index in [1.165, 1.54) is 11.8 Å². The highest BCUT2D eigenvalue weighted by Crippen LogP contribution is 2.24. The molecular formula is C17H16N4O3S. The van der Waals surface area contributed by atoms with Crippen LogP contribution in [0.4, 0.5) is 5.69 Å². The van der Waals surface area contributed by atoms with E-state index >= 15 is 0 Å². The maximum Gasteiger partial charge on any atom is 0.276 e. The van der Waals surface area contributed by atoms with Gasteiger partial charge in [-0.15, -0.1) is 10.2 Å². The highest BCUT2D eigenvalue weighted by Gasteiger charge is 2.11. The lowest BCUT2D eigenvalue weighted by molar-refractivity contribution is -0.115. The zero-order valence-electron chi connectivity index (χ0n) is 13.5. The minimum absolute atomic E-state index is 0.110. The maximum absolute atomic E-state index is 12.0. The van der Waals surface area contributed by atoms with Gasteiger partial charge in [-0.3, -0.25) is 9.78 Å². The average molecular weight is 356 g/mol. The summed E-state index contributed by atoms with van der Waals surface area (Å²) in [4.78, 5) is 16.2. The van der Waals surface area contributed by atoms with Gasteiger partial charge >= 0.3 is 0 Å². The SMILES string of the molecule is COc1ccccc1NC(=O)CCSc1nnc(-c2ccccn2)o1. The number of thioether (sulfide) groups is 1. The third-order valence-electron chi connectivity index (χ3n) is 3.23. The molecule has 25 heavy (non-hydrogen) atoms. The van der Waals surface area contributed by atoms with Crippen molar-refractivity contribution in [2.45, 2.75) is 11.6 Å². The van der Waals surface area contributed by atoms with Crippen LogP contribution in [0.5, 0.6) is 5.75 Å². The molecule has 1 amide bonds. The number of hydrogen-bond acceptors (Lipinski definition) is 7. The fourth-order valence-corrected chi connectivity index (χ4v) is 2.75. The molecule has 128 valence electrons. The Bertz CT molecular complexity index is 839. The minimum atomic E-state index is -0.110. The standard InChI is InChI=1S/C17H16N4O3S/c1-23-14-8-3-2-6-12(14)19-15(22)9-11-25-17-21-20-16(24-17)13-7-4-5-10-18-13/h2-8,10H,9,11H2,1H3,(H,19,22). The quantitative estimate of drug-likeness (QED) is 0.650. The largest absolute Gasteiger partial charge is 0.495 e. The summed E-state index contributed by atoms with van der Waals surface area (Å²) in [7, 11) is 1.57. The number of aromatic nitrogens is 3. The molecule has 7 nitrogen and oxygen atoms in total. The molecule has 0 aliphatic carbocycles. The van der Waals surface area contributed by atoms with E-state index in [0.717, 1.165) is 0 Å². The fourth-order valence-electron chi connectivity index (χ4n) is 2.05. The maximum atomic E-state index is 12.0. The van der Waals surface area contributed by atoms with E-state index in [2.05, 4.69) is 20.5 Å². The number of nitrogens with one attached hydrogen (secondary N) is 1. The number of benzene rings is 1. The number of carbonyl (C=O) groups is 1. The first-order chi connectivity index (χ1) is 12.3. The molecule has 0 saturated carbocycles. The van der Waals surface area contributed by atoms with Crippen molar-refractivity contribution < 1.29 is 13.9 Å². The van der Waals surface area contributed by atoms with Crippen LogP contribution in [0, 0.1) is 0 Å². The lowest BCUT2D eigenvalue weighted by atomic mass is 10.3. The third kappa shape index (κ3) is 4.57. The Morgan fingerprint density at radius 3 is 2.84 bits per heavy atom. The summed E-state index contributed by atoms with van der Waals surface area (Å²) >= 11 is 1.32. The topological polar surface area (TPSA) is 90.1 Å². The van der Waals surface area contributed by atoms with Crippen LogP contribution < -0.4 is 10.1 Å². The van der Waals surface area contributed by atoms with Crippen molar-refractivity contribution in [3.05, 3.63) is 48.7 Å². The molecule has 0 atom stereocenters. The van der Waals surface area contributed by atoms with Crippen LogP contribution in [0.2, 0.25) is 0 Å². The van der Waals surface area contributed by atoms with Gasteiger partial charge in [-0.2, -0.15) is 0 Å². The summed E-state index contributed by atoms with van der Waals surface area (Å²) in [6.07, 6.45) is 1.97. The van der Waals surface area contributed by atoms with E-state index in [9.17, 15) is 4.79 Å². The van der Waals surface area contributed by atoms with Crippen LogP contribution in [0.15, 0.2) is 58.3 Å². The number of para-hydroxylation sites is 2. The lowest BCUT2D eigenvalue weighted by Crippen LogP contribution is -2.12. The van der Waals surface area contributed by atoms with Gasteiger partial charge in [-0.1, -0.05) is 30.0 Å². The Hall–Kier alpha value is -2.87. The van der Waals surface area contributed by atoms with E-state index in [-0.39, 0.29) is 5.91 Å². The van der Waals surface area contributed by atoms with Gasteiger partial charge in [0.2, 0.25) is 5.91 Å². The smallest absolute Gasteiger partial charge is 0.276 e. The first kappa shape index (κ1) is 17.0. The molecule has 0 bridgehead atoms. The Balaban J connectivity index is 1.50. The van der Waals surface area contributed by atoms with Crippen molar-refractivity contribution in [3.63, 3.8) is 0 Å². The van der Waals surface area contributed by atoms with Gasteiger partial charge in [0, 0.05) is 18.4 Å². The van der Waals surface area contributed by atoms with Gasteiger partial charge in [0.25, 0.3) is 11.1 Å². The number of pyridine rings is 1. The predicted octanol–water partition coefficient (Wildman–Crippen LogP) is 3.26. The summed E-state index contributed by atoms with van der Waals surface area (Å²) in [6.45, 7) is 0. The van der Waals surface area contributed by atoms with Gasteiger partial charge in [0.15, 0.2) is 0 Å². The van der Waals surface area contributed by atoms with Gasteiger partial charge in [0.05, 0.1) is 12.8 Å². The van der Waals surface area contributed by atoms with Crippen molar-refractivity contribution in [1.29, 1.82) is 0 Å². The normalized spacial score (nSPS) is 10.4. The summed E-state index contributed by atoms with van der Waals surface area (Å²) < 4.78 is 10.7. The summed E-state index contributed by atoms with van der Waals surface area (Å²) in [5.41, 5.74) is 1.27. The number of hydrogen-bond donors (Lipinski definition) is 1. The lowest BCUT2D eigenvalue weighted by Gasteiger charge is -2.09. The van der Waals surface area contributed by atoms with Crippen LogP contribution in [0.3, 0.4) is 0 Å². The van der Waals surface area contributed by atoms with Crippen molar-refractivity contribution in [2.24, 2.45) is 0 Å². The van der Waals surface area contributed by atoms with E-state index in [1.807, 2.05) is 24.3 Å². The Labute approximate surface area is 148 Å². The minimum Gasteiger partial charge on any atom is -0.495 e. The highest BCUT2D eigenvalue weighted by molar-refractivity contribution is 7.99. The van der Waals surface area contributed by atoms with Crippen LogP contribution >= 0.6 is 11.8 Å². The summed E-state index contributed by atoms with van der Waals surface area (Å²) in [5, 5.41) is 11.1. The van der Waals surface area contributed by atoms with Gasteiger partial charge in [0.1, 0.15) is 11.4 Å². The molecule has 0 saturated heterocycles. The van der Waals surface area contributed by atoms with Crippen molar-refractivity contribution >= 4 is 23.4 Å². The molecule has 2 heterocycles. The monoisotopic (exact) mass is 356 g/mol. The first-order valence-corrected chi connectivity index (χ1v) is 8.55. The number of rotatable bonds is 7. The zero-order valence-corrected chi connectivity index (χ0v) is 14.3. The Morgan fingerprint density at radius 1 is 1.20 bits per heavy atom. The summed E-state index contributed by atoms with van der Waals surface area (Å²) in [6, 6.07) is 12.7.